The highest BCUT2D eigenvalue weighted by molar-refractivity contribution is 5.85. The van der Waals surface area contributed by atoms with Crippen molar-refractivity contribution in [1.29, 1.82) is 0 Å². The molecule has 0 saturated carbocycles. The molecule has 0 bridgehead atoms. The molecule has 0 unspecified atom stereocenters. The fraction of sp³-hybridized carbons (Fsp3) is 0.857. The van der Waals surface area contributed by atoms with E-state index < -0.39 is 0 Å². The summed E-state index contributed by atoms with van der Waals surface area (Å²) >= 11 is 0. The van der Waals surface area contributed by atoms with Crippen molar-refractivity contribution in [2.45, 2.75) is 18.9 Å². The molecule has 1 saturated heterocycles. The van der Waals surface area contributed by atoms with Crippen molar-refractivity contribution in [2.75, 3.05) is 19.6 Å². The summed E-state index contributed by atoms with van der Waals surface area (Å²) < 4.78 is 0. The Labute approximate surface area is 90.8 Å². The fourth-order valence-corrected chi connectivity index (χ4v) is 1.33. The molecule has 1 rings (SSSR count). The molecule has 6 heteroatoms. The summed E-state index contributed by atoms with van der Waals surface area (Å²) in [5.74, 6) is -0.250. The topological polar surface area (TPSA) is 72.4 Å². The van der Waals surface area contributed by atoms with Crippen molar-refractivity contribution < 1.29 is 4.79 Å². The molecule has 1 aliphatic heterocycles. The predicted octanol–water partition coefficient (Wildman–Crippen LogP) is -0.262. The number of nitrogens with two attached hydrogens (primary N) is 2. The number of hydrogen-bond donors (Lipinski definition) is 2. The molecule has 1 heterocycles. The summed E-state index contributed by atoms with van der Waals surface area (Å²) in [6.45, 7) is 2.20. The number of primary amides is 1. The van der Waals surface area contributed by atoms with Crippen LogP contribution in [-0.4, -0.2) is 36.5 Å². The number of carbonyl (C=O) groups excluding carboxylic acids is 1. The van der Waals surface area contributed by atoms with E-state index in [2.05, 4.69) is 0 Å². The number of likely N-dealkylation sites (tertiary alicyclic amines) is 1. The van der Waals surface area contributed by atoms with E-state index in [4.69, 9.17) is 11.5 Å². The zero-order valence-electron chi connectivity index (χ0n) is 7.44. The third kappa shape index (κ3) is 6.10. The molecule has 0 aromatic carbocycles. The Morgan fingerprint density at radius 3 is 2.15 bits per heavy atom. The largest absolute Gasteiger partial charge is 0.369 e. The molecule has 0 aromatic heterocycles. The molecular formula is C7H17Cl2N3O. The zero-order valence-corrected chi connectivity index (χ0v) is 9.07. The summed E-state index contributed by atoms with van der Waals surface area (Å²) in [6, 6.07) is 0.319. The van der Waals surface area contributed by atoms with Gasteiger partial charge in [0.15, 0.2) is 0 Å². The Balaban J connectivity index is 0. The number of nitrogens with zero attached hydrogens (tertiary/aromatic N) is 1. The van der Waals surface area contributed by atoms with Crippen LogP contribution in [0.1, 0.15) is 12.8 Å². The molecule has 0 atom stereocenters. The molecule has 80 valence electrons. The molecule has 0 aliphatic carbocycles. The maximum absolute atomic E-state index is 10.5. The minimum absolute atomic E-state index is 0. The van der Waals surface area contributed by atoms with Crippen LogP contribution >= 0.6 is 24.8 Å². The second-order valence-corrected chi connectivity index (χ2v) is 3.08. The summed E-state index contributed by atoms with van der Waals surface area (Å²) in [6.07, 6.45) is 1.96. The lowest BCUT2D eigenvalue weighted by molar-refractivity contribution is -0.119. The van der Waals surface area contributed by atoms with Gasteiger partial charge < -0.3 is 11.5 Å². The summed E-state index contributed by atoms with van der Waals surface area (Å²) in [5.41, 5.74) is 10.7. The van der Waals surface area contributed by atoms with Gasteiger partial charge in [-0.2, -0.15) is 0 Å². The van der Waals surface area contributed by atoms with Crippen LogP contribution in [0.2, 0.25) is 0 Å². The third-order valence-corrected chi connectivity index (χ3v) is 2.01. The van der Waals surface area contributed by atoms with E-state index in [1.807, 2.05) is 4.90 Å². The molecule has 0 spiro atoms. The van der Waals surface area contributed by atoms with Crippen molar-refractivity contribution in [2.24, 2.45) is 11.5 Å². The lowest BCUT2D eigenvalue weighted by Gasteiger charge is -2.28. The van der Waals surface area contributed by atoms with Crippen LogP contribution in [0.15, 0.2) is 0 Å². The lowest BCUT2D eigenvalue weighted by Crippen LogP contribution is -2.43. The first-order chi connectivity index (χ1) is 5.18. The van der Waals surface area contributed by atoms with E-state index >= 15 is 0 Å². The van der Waals surface area contributed by atoms with Crippen molar-refractivity contribution >= 4 is 30.7 Å². The Hall–Kier alpha value is -0.0300. The second-order valence-electron chi connectivity index (χ2n) is 3.08. The van der Waals surface area contributed by atoms with Crippen LogP contribution in [0, 0.1) is 0 Å². The number of rotatable bonds is 2. The Kier molecular flexibility index (Phi) is 8.77. The van der Waals surface area contributed by atoms with Gasteiger partial charge in [0.1, 0.15) is 0 Å². The van der Waals surface area contributed by atoms with Crippen molar-refractivity contribution in [3.8, 4) is 0 Å². The third-order valence-electron chi connectivity index (χ3n) is 2.01. The van der Waals surface area contributed by atoms with E-state index in [1.54, 1.807) is 0 Å². The van der Waals surface area contributed by atoms with Gasteiger partial charge in [0, 0.05) is 19.1 Å². The van der Waals surface area contributed by atoms with Crippen LogP contribution in [0.4, 0.5) is 0 Å². The quantitative estimate of drug-likeness (QED) is 0.686. The second kappa shape index (κ2) is 7.38. The number of amides is 1. The highest BCUT2D eigenvalue weighted by Crippen LogP contribution is 2.06. The smallest absolute Gasteiger partial charge is 0.231 e. The first-order valence-corrected chi connectivity index (χ1v) is 3.94. The standard InChI is InChI=1S/C7H15N3O.2ClH/c8-6-1-3-10(4-2-6)5-7(9)11;;/h6H,1-5,8H2,(H2,9,11);2*1H. The Bertz CT molecular complexity index is 149. The SMILES string of the molecule is Cl.Cl.NC(=O)CN1CCC(N)CC1. The Morgan fingerprint density at radius 2 is 1.77 bits per heavy atom. The van der Waals surface area contributed by atoms with Gasteiger partial charge in [0.05, 0.1) is 6.54 Å². The number of halogens is 2. The van der Waals surface area contributed by atoms with Gasteiger partial charge in [0.2, 0.25) is 5.91 Å². The average molecular weight is 230 g/mol. The van der Waals surface area contributed by atoms with Gasteiger partial charge in [-0.05, 0) is 12.8 Å². The average Bonchev–Trinajstić information content (AvgIpc) is 1.93. The van der Waals surface area contributed by atoms with Crippen molar-refractivity contribution in [1.82, 2.24) is 4.90 Å². The highest BCUT2D eigenvalue weighted by Gasteiger charge is 2.16. The molecule has 1 amide bonds. The van der Waals surface area contributed by atoms with Gasteiger partial charge in [-0.25, -0.2) is 0 Å². The predicted molar refractivity (Wildman–Crippen MR) is 57.3 cm³/mol. The Morgan fingerprint density at radius 1 is 1.31 bits per heavy atom. The normalized spacial score (nSPS) is 18.5. The van der Waals surface area contributed by atoms with E-state index in [9.17, 15) is 4.79 Å². The molecule has 0 aromatic rings. The minimum atomic E-state index is -0.250. The summed E-state index contributed by atoms with van der Waals surface area (Å²) in [5, 5.41) is 0. The van der Waals surface area contributed by atoms with Gasteiger partial charge >= 0.3 is 0 Å². The first kappa shape index (κ1) is 15.4. The number of hydrogen-bond acceptors (Lipinski definition) is 3. The van der Waals surface area contributed by atoms with Crippen LogP contribution in [0.3, 0.4) is 0 Å². The maximum Gasteiger partial charge on any atom is 0.231 e. The van der Waals surface area contributed by atoms with E-state index in [0.717, 1.165) is 25.9 Å². The molecule has 4 nitrogen and oxygen atoms in total. The van der Waals surface area contributed by atoms with Crippen LogP contribution in [0.5, 0.6) is 0 Å². The van der Waals surface area contributed by atoms with Gasteiger partial charge in [-0.15, -0.1) is 24.8 Å². The summed E-state index contributed by atoms with van der Waals surface area (Å²) in [7, 11) is 0. The molecule has 4 N–H and O–H groups in total. The molecular weight excluding hydrogens is 213 g/mol. The molecule has 13 heavy (non-hydrogen) atoms. The molecule has 0 radical (unpaired) electrons. The van der Waals surface area contributed by atoms with Crippen LogP contribution < -0.4 is 11.5 Å². The number of piperidine rings is 1. The van der Waals surface area contributed by atoms with Crippen molar-refractivity contribution in [3.05, 3.63) is 0 Å². The maximum atomic E-state index is 10.5. The molecule has 1 fully saturated rings. The van der Waals surface area contributed by atoms with Gasteiger partial charge in [-0.3, -0.25) is 9.69 Å². The van der Waals surface area contributed by atoms with E-state index in [1.165, 1.54) is 0 Å². The summed E-state index contributed by atoms with van der Waals surface area (Å²) in [4.78, 5) is 12.5. The number of carbonyl (C=O) groups is 1. The minimum Gasteiger partial charge on any atom is -0.369 e. The fourth-order valence-electron chi connectivity index (χ4n) is 1.33. The van der Waals surface area contributed by atoms with Gasteiger partial charge in [-0.1, -0.05) is 0 Å². The van der Waals surface area contributed by atoms with Crippen LogP contribution in [-0.2, 0) is 4.79 Å². The van der Waals surface area contributed by atoms with E-state index in [-0.39, 0.29) is 30.7 Å². The van der Waals surface area contributed by atoms with Crippen LogP contribution in [0.25, 0.3) is 0 Å². The molecule has 1 aliphatic rings. The van der Waals surface area contributed by atoms with Crippen molar-refractivity contribution in [3.63, 3.8) is 0 Å². The first-order valence-electron chi connectivity index (χ1n) is 3.94. The monoisotopic (exact) mass is 229 g/mol. The van der Waals surface area contributed by atoms with Gasteiger partial charge in [0.25, 0.3) is 0 Å². The zero-order chi connectivity index (χ0) is 8.27. The lowest BCUT2D eigenvalue weighted by atomic mass is 10.1. The van der Waals surface area contributed by atoms with E-state index in [0.29, 0.717) is 12.6 Å². The highest BCUT2D eigenvalue weighted by atomic mass is 35.5.